The minimum atomic E-state index is -0.706. The van der Waals surface area contributed by atoms with Crippen LogP contribution >= 0.6 is 0 Å². The van der Waals surface area contributed by atoms with Crippen molar-refractivity contribution >= 4 is 11.9 Å². The summed E-state index contributed by atoms with van der Waals surface area (Å²) in [5, 5.41) is 2.43. The predicted molar refractivity (Wildman–Crippen MR) is 67.3 cm³/mol. The van der Waals surface area contributed by atoms with E-state index in [1.807, 2.05) is 30.3 Å². The molecule has 0 fully saturated rings. The van der Waals surface area contributed by atoms with Gasteiger partial charge in [0, 0.05) is 0 Å². The molecule has 0 bridgehead atoms. The van der Waals surface area contributed by atoms with Gasteiger partial charge in [0.05, 0.1) is 0 Å². The minimum Gasteiger partial charge on any atom is -0.459 e. The van der Waals surface area contributed by atoms with Crippen molar-refractivity contribution < 1.29 is 14.3 Å². The topological polar surface area (TPSA) is 55.4 Å². The summed E-state index contributed by atoms with van der Waals surface area (Å²) in [5.74, 6) is 3.79. The van der Waals surface area contributed by atoms with Crippen molar-refractivity contribution in [3.8, 4) is 11.8 Å². The molecule has 1 atom stereocenters. The van der Waals surface area contributed by atoms with Gasteiger partial charge >= 0.3 is 5.97 Å². The monoisotopic (exact) mass is 245 g/mol. The highest BCUT2D eigenvalue weighted by atomic mass is 16.5. The van der Waals surface area contributed by atoms with Crippen LogP contribution in [-0.2, 0) is 20.9 Å². The van der Waals surface area contributed by atoms with Crippen LogP contribution < -0.4 is 5.32 Å². The average Bonchev–Trinajstić information content (AvgIpc) is 2.37. The summed E-state index contributed by atoms with van der Waals surface area (Å²) in [6.45, 7) is 3.31. The summed E-state index contributed by atoms with van der Waals surface area (Å²) in [6.07, 6.45) is 0. The van der Waals surface area contributed by atoms with Crippen LogP contribution in [-0.4, -0.2) is 17.9 Å². The van der Waals surface area contributed by atoms with Crippen LogP contribution in [0.4, 0.5) is 0 Å². The van der Waals surface area contributed by atoms with E-state index in [0.717, 1.165) is 5.56 Å². The Kier molecular flexibility index (Phi) is 5.46. The average molecular weight is 245 g/mol. The van der Waals surface area contributed by atoms with Crippen molar-refractivity contribution in [2.75, 3.05) is 0 Å². The maximum absolute atomic E-state index is 11.6. The lowest BCUT2D eigenvalue weighted by atomic mass is 10.2. The number of nitrogens with one attached hydrogen (secondary N) is 1. The number of rotatable bonds is 4. The van der Waals surface area contributed by atoms with Gasteiger partial charge < -0.3 is 10.1 Å². The summed E-state index contributed by atoms with van der Waals surface area (Å²) in [4.78, 5) is 22.7. The predicted octanol–water partition coefficient (Wildman–Crippen LogP) is 1.26. The van der Waals surface area contributed by atoms with Crippen LogP contribution in [0.5, 0.6) is 0 Å². The van der Waals surface area contributed by atoms with Crippen molar-refractivity contribution in [3.63, 3.8) is 0 Å². The summed E-state index contributed by atoms with van der Waals surface area (Å²) < 4.78 is 5.07. The zero-order chi connectivity index (χ0) is 13.4. The molecule has 1 N–H and O–H groups in total. The van der Waals surface area contributed by atoms with E-state index < -0.39 is 17.9 Å². The molecule has 1 unspecified atom stereocenters. The van der Waals surface area contributed by atoms with Crippen molar-refractivity contribution in [2.45, 2.75) is 26.5 Å². The highest BCUT2D eigenvalue weighted by Gasteiger charge is 2.15. The molecule has 94 valence electrons. The van der Waals surface area contributed by atoms with Gasteiger partial charge in [-0.25, -0.2) is 4.79 Å². The number of hydrogen-bond acceptors (Lipinski definition) is 3. The Morgan fingerprint density at radius 3 is 2.61 bits per heavy atom. The van der Waals surface area contributed by atoms with Gasteiger partial charge in [0.1, 0.15) is 12.6 Å². The van der Waals surface area contributed by atoms with Gasteiger partial charge in [-0.2, -0.15) is 0 Å². The molecule has 4 nitrogen and oxygen atoms in total. The SMILES string of the molecule is CC#CC(=O)NC(C)C(=O)OCc1ccccc1. The summed E-state index contributed by atoms with van der Waals surface area (Å²) in [7, 11) is 0. The van der Waals surface area contributed by atoms with E-state index in [1.54, 1.807) is 13.8 Å². The number of carbonyl (C=O) groups excluding carboxylic acids is 2. The van der Waals surface area contributed by atoms with E-state index in [0.29, 0.717) is 0 Å². The second kappa shape index (κ2) is 7.13. The van der Waals surface area contributed by atoms with E-state index in [9.17, 15) is 9.59 Å². The highest BCUT2D eigenvalue weighted by Crippen LogP contribution is 2.01. The molecular weight excluding hydrogens is 230 g/mol. The molecule has 0 aliphatic carbocycles. The molecule has 4 heteroatoms. The molecule has 18 heavy (non-hydrogen) atoms. The Balaban J connectivity index is 2.40. The molecule has 1 aromatic carbocycles. The highest BCUT2D eigenvalue weighted by molar-refractivity contribution is 5.96. The third-order valence-electron chi connectivity index (χ3n) is 2.16. The molecule has 0 saturated carbocycles. The van der Waals surface area contributed by atoms with Crippen LogP contribution in [0, 0.1) is 11.8 Å². The fraction of sp³-hybridized carbons (Fsp3) is 0.286. The quantitative estimate of drug-likeness (QED) is 0.641. The lowest BCUT2D eigenvalue weighted by Gasteiger charge is -2.11. The van der Waals surface area contributed by atoms with Crippen LogP contribution in [0.3, 0.4) is 0 Å². The van der Waals surface area contributed by atoms with E-state index >= 15 is 0 Å². The Morgan fingerprint density at radius 1 is 1.33 bits per heavy atom. The summed E-state index contributed by atoms with van der Waals surface area (Å²) >= 11 is 0. The van der Waals surface area contributed by atoms with E-state index in [-0.39, 0.29) is 6.61 Å². The Hall–Kier alpha value is -2.28. The maximum atomic E-state index is 11.6. The first kappa shape index (κ1) is 13.8. The number of amides is 1. The van der Waals surface area contributed by atoms with Gasteiger partial charge in [0.25, 0.3) is 5.91 Å². The van der Waals surface area contributed by atoms with Crippen molar-refractivity contribution in [1.29, 1.82) is 0 Å². The Bertz CT molecular complexity index is 471. The van der Waals surface area contributed by atoms with Gasteiger partial charge in [-0.1, -0.05) is 36.3 Å². The molecule has 1 aromatic rings. The lowest BCUT2D eigenvalue weighted by Crippen LogP contribution is -2.38. The number of ether oxygens (including phenoxy) is 1. The van der Waals surface area contributed by atoms with Crippen LogP contribution in [0.15, 0.2) is 30.3 Å². The molecule has 0 saturated heterocycles. The Labute approximate surface area is 106 Å². The third-order valence-corrected chi connectivity index (χ3v) is 2.16. The lowest BCUT2D eigenvalue weighted by molar-refractivity contribution is -0.148. The summed E-state index contributed by atoms with van der Waals surface area (Å²) in [6, 6.07) is 8.63. The first-order valence-electron chi connectivity index (χ1n) is 5.57. The van der Waals surface area contributed by atoms with Crippen molar-refractivity contribution in [2.24, 2.45) is 0 Å². The number of hydrogen-bond donors (Lipinski definition) is 1. The normalized spacial score (nSPS) is 10.8. The van der Waals surface area contributed by atoms with Crippen LogP contribution in [0.25, 0.3) is 0 Å². The van der Waals surface area contributed by atoms with Gasteiger partial charge in [0.2, 0.25) is 0 Å². The standard InChI is InChI=1S/C14H15NO3/c1-3-7-13(16)15-11(2)14(17)18-10-12-8-5-4-6-9-12/h4-6,8-9,11H,10H2,1-2H3,(H,15,16). The molecule has 1 amide bonds. The molecule has 0 aliphatic heterocycles. The molecule has 0 aliphatic rings. The van der Waals surface area contributed by atoms with Gasteiger partial charge in [-0.05, 0) is 25.3 Å². The molecular formula is C14H15NO3. The smallest absolute Gasteiger partial charge is 0.328 e. The second-order valence-corrected chi connectivity index (χ2v) is 3.66. The molecule has 1 rings (SSSR count). The molecule has 0 spiro atoms. The van der Waals surface area contributed by atoms with Gasteiger partial charge in [-0.3, -0.25) is 4.79 Å². The molecule has 0 aromatic heterocycles. The van der Waals surface area contributed by atoms with E-state index in [1.165, 1.54) is 0 Å². The van der Waals surface area contributed by atoms with Crippen molar-refractivity contribution in [3.05, 3.63) is 35.9 Å². The fourth-order valence-electron chi connectivity index (χ4n) is 1.26. The molecule has 0 radical (unpaired) electrons. The Morgan fingerprint density at radius 2 is 2.00 bits per heavy atom. The first-order chi connectivity index (χ1) is 8.63. The van der Waals surface area contributed by atoms with Crippen molar-refractivity contribution in [1.82, 2.24) is 5.32 Å². The van der Waals surface area contributed by atoms with Crippen LogP contribution in [0.2, 0.25) is 0 Å². The number of esters is 1. The van der Waals surface area contributed by atoms with Crippen LogP contribution in [0.1, 0.15) is 19.4 Å². The largest absolute Gasteiger partial charge is 0.459 e. The zero-order valence-corrected chi connectivity index (χ0v) is 10.4. The van der Waals surface area contributed by atoms with Gasteiger partial charge in [-0.15, -0.1) is 0 Å². The molecule has 0 heterocycles. The minimum absolute atomic E-state index is 0.194. The summed E-state index contributed by atoms with van der Waals surface area (Å²) in [5.41, 5.74) is 0.901. The van der Waals surface area contributed by atoms with Gasteiger partial charge in [0.15, 0.2) is 0 Å². The zero-order valence-electron chi connectivity index (χ0n) is 10.4. The number of benzene rings is 1. The third kappa shape index (κ3) is 4.71. The number of carbonyl (C=O) groups is 2. The second-order valence-electron chi connectivity index (χ2n) is 3.66. The van der Waals surface area contributed by atoms with E-state index in [4.69, 9.17) is 4.74 Å². The first-order valence-corrected chi connectivity index (χ1v) is 5.57. The fourth-order valence-corrected chi connectivity index (χ4v) is 1.26. The van der Waals surface area contributed by atoms with E-state index in [2.05, 4.69) is 17.2 Å². The maximum Gasteiger partial charge on any atom is 0.328 e.